The number of halogens is 1. The Bertz CT molecular complexity index is 698. The lowest BCUT2D eigenvalue weighted by molar-refractivity contribution is 0.399. The first-order valence-electron chi connectivity index (χ1n) is 5.79. The maximum absolute atomic E-state index is 12.3. The Labute approximate surface area is 120 Å². The molecule has 1 saturated heterocycles. The lowest BCUT2D eigenvalue weighted by Crippen LogP contribution is -2.09. The zero-order valence-electron chi connectivity index (χ0n) is 9.86. The summed E-state index contributed by atoms with van der Waals surface area (Å²) in [4.78, 5) is 0.303. The second-order valence-corrected chi connectivity index (χ2v) is 7.28. The van der Waals surface area contributed by atoms with Gasteiger partial charge < -0.3 is 4.74 Å². The molecule has 1 heterocycles. The molecule has 2 aromatic rings. The molecule has 0 aromatic heterocycles. The van der Waals surface area contributed by atoms with Crippen molar-refractivity contribution >= 4 is 25.8 Å². The van der Waals surface area contributed by atoms with E-state index in [9.17, 15) is 8.42 Å². The molecule has 0 bridgehead atoms. The molecule has 0 spiro atoms. The maximum atomic E-state index is 12.3. The molecule has 1 aliphatic rings. The van der Waals surface area contributed by atoms with Gasteiger partial charge in [-0.25, -0.2) is 8.42 Å². The third-order valence-corrected chi connectivity index (χ3v) is 5.40. The fraction of sp³-hybridized carbons (Fsp3) is 0.143. The van der Waals surface area contributed by atoms with Crippen molar-refractivity contribution < 1.29 is 13.2 Å². The van der Waals surface area contributed by atoms with Crippen molar-refractivity contribution in [2.45, 2.75) is 16.4 Å². The van der Waals surface area contributed by atoms with Crippen LogP contribution in [-0.2, 0) is 14.6 Å². The molecule has 0 N–H and O–H groups in total. The molecule has 5 heteroatoms. The van der Waals surface area contributed by atoms with Crippen molar-refractivity contribution in [1.82, 2.24) is 0 Å². The van der Waals surface area contributed by atoms with Gasteiger partial charge in [-0.1, -0.05) is 46.3 Å². The number of sulfone groups is 1. The van der Waals surface area contributed by atoms with Gasteiger partial charge in [0.15, 0.2) is 5.44 Å². The van der Waals surface area contributed by atoms with E-state index in [1.54, 1.807) is 30.3 Å². The minimum absolute atomic E-state index is 0.303. The van der Waals surface area contributed by atoms with Crippen LogP contribution in [0, 0.1) is 0 Å². The van der Waals surface area contributed by atoms with Crippen molar-refractivity contribution in [2.75, 3.05) is 0 Å². The molecule has 19 heavy (non-hydrogen) atoms. The second kappa shape index (κ2) is 4.74. The Morgan fingerprint density at radius 2 is 1.74 bits per heavy atom. The first-order valence-corrected chi connectivity index (χ1v) is 8.13. The van der Waals surface area contributed by atoms with Crippen LogP contribution in [0.3, 0.4) is 0 Å². The molecule has 1 aliphatic heterocycles. The molecule has 0 saturated carbocycles. The van der Waals surface area contributed by atoms with Gasteiger partial charge in [-0.2, -0.15) is 0 Å². The summed E-state index contributed by atoms with van der Waals surface area (Å²) in [6.07, 6.45) is -0.372. The number of ether oxygens (including phenoxy) is 1. The summed E-state index contributed by atoms with van der Waals surface area (Å²) < 4.78 is 30.9. The molecule has 3 nitrogen and oxygen atoms in total. The smallest absolute Gasteiger partial charge is 0.208 e. The largest absolute Gasteiger partial charge is 0.347 e. The molecule has 2 aromatic carbocycles. The van der Waals surface area contributed by atoms with Gasteiger partial charge in [0.2, 0.25) is 9.84 Å². The molecule has 2 atom stereocenters. The van der Waals surface area contributed by atoms with Crippen LogP contribution in [0.15, 0.2) is 64.0 Å². The molecule has 0 aliphatic carbocycles. The first kappa shape index (κ1) is 12.8. The van der Waals surface area contributed by atoms with E-state index in [0.29, 0.717) is 4.90 Å². The van der Waals surface area contributed by atoms with Gasteiger partial charge >= 0.3 is 0 Å². The van der Waals surface area contributed by atoms with E-state index in [2.05, 4.69) is 15.9 Å². The van der Waals surface area contributed by atoms with Crippen LogP contribution in [0.4, 0.5) is 0 Å². The van der Waals surface area contributed by atoms with Crippen LogP contribution < -0.4 is 0 Å². The van der Waals surface area contributed by atoms with Crippen LogP contribution in [0.1, 0.15) is 11.7 Å². The summed E-state index contributed by atoms with van der Waals surface area (Å²) in [6, 6.07) is 15.9. The van der Waals surface area contributed by atoms with E-state index in [1.165, 1.54) is 0 Å². The first-order chi connectivity index (χ1) is 9.09. The lowest BCUT2D eigenvalue weighted by Gasteiger charge is -2.01. The third kappa shape index (κ3) is 2.45. The lowest BCUT2D eigenvalue weighted by atomic mass is 10.2. The molecule has 98 valence electrons. The van der Waals surface area contributed by atoms with Gasteiger partial charge in [-0.15, -0.1) is 0 Å². The summed E-state index contributed by atoms with van der Waals surface area (Å²) in [5, 5.41) is 0. The monoisotopic (exact) mass is 338 g/mol. The number of hydrogen-bond acceptors (Lipinski definition) is 3. The van der Waals surface area contributed by atoms with Gasteiger partial charge in [-0.3, -0.25) is 0 Å². The molecule has 1 fully saturated rings. The maximum Gasteiger partial charge on any atom is 0.208 e. The summed E-state index contributed by atoms with van der Waals surface area (Å²) in [5.74, 6) is 0. The van der Waals surface area contributed by atoms with Gasteiger partial charge in [0.05, 0.1) is 4.90 Å². The van der Waals surface area contributed by atoms with E-state index in [1.807, 2.05) is 24.3 Å². The normalized spacial score (nSPS) is 22.2. The molecule has 3 rings (SSSR count). The number of hydrogen-bond donors (Lipinski definition) is 0. The van der Waals surface area contributed by atoms with E-state index in [4.69, 9.17) is 4.74 Å². The van der Waals surface area contributed by atoms with E-state index < -0.39 is 15.3 Å². The average Bonchev–Trinajstić information content (AvgIpc) is 3.21. The highest BCUT2D eigenvalue weighted by Crippen LogP contribution is 2.44. The van der Waals surface area contributed by atoms with Gasteiger partial charge in [0.25, 0.3) is 0 Å². The SMILES string of the molecule is O=S(=O)(c1ccccc1)[C@@H]1O[C@H]1c1cccc(Br)c1. The van der Waals surface area contributed by atoms with Crippen LogP contribution in [0.5, 0.6) is 0 Å². The second-order valence-electron chi connectivity index (χ2n) is 4.34. The average molecular weight is 339 g/mol. The third-order valence-electron chi connectivity index (χ3n) is 3.01. The van der Waals surface area contributed by atoms with Crippen LogP contribution in [0.2, 0.25) is 0 Å². The fourth-order valence-corrected chi connectivity index (χ4v) is 3.97. The highest BCUT2D eigenvalue weighted by Gasteiger charge is 2.50. The minimum Gasteiger partial charge on any atom is -0.347 e. The van der Waals surface area contributed by atoms with E-state index in [0.717, 1.165) is 10.0 Å². The Morgan fingerprint density at radius 3 is 2.42 bits per heavy atom. The summed E-state index contributed by atoms with van der Waals surface area (Å²) >= 11 is 3.37. The highest BCUT2D eigenvalue weighted by atomic mass is 79.9. The topological polar surface area (TPSA) is 46.7 Å². The Balaban J connectivity index is 1.87. The predicted molar refractivity (Wildman–Crippen MR) is 75.4 cm³/mol. The van der Waals surface area contributed by atoms with Gasteiger partial charge in [0, 0.05) is 4.47 Å². The molecule has 0 amide bonds. The summed E-state index contributed by atoms with van der Waals surface area (Å²) in [6.45, 7) is 0. The van der Waals surface area contributed by atoms with Crippen LogP contribution in [-0.4, -0.2) is 13.9 Å². The van der Waals surface area contributed by atoms with Crippen molar-refractivity contribution in [1.29, 1.82) is 0 Å². The summed E-state index contributed by atoms with van der Waals surface area (Å²) in [5.41, 5.74) is 0.100. The van der Waals surface area contributed by atoms with Crippen molar-refractivity contribution in [3.63, 3.8) is 0 Å². The zero-order valence-corrected chi connectivity index (χ0v) is 12.3. The Morgan fingerprint density at radius 1 is 1.00 bits per heavy atom. The minimum atomic E-state index is -3.41. The van der Waals surface area contributed by atoms with Crippen LogP contribution >= 0.6 is 15.9 Å². The van der Waals surface area contributed by atoms with Crippen molar-refractivity contribution in [3.8, 4) is 0 Å². The molecular formula is C14H11BrO3S. The highest BCUT2D eigenvalue weighted by molar-refractivity contribution is 9.10. The van der Waals surface area contributed by atoms with Crippen molar-refractivity contribution in [3.05, 3.63) is 64.6 Å². The van der Waals surface area contributed by atoms with E-state index in [-0.39, 0.29) is 6.10 Å². The quantitative estimate of drug-likeness (QED) is 0.806. The number of rotatable bonds is 3. The summed E-state index contributed by atoms with van der Waals surface area (Å²) in [7, 11) is -3.41. The zero-order chi connectivity index (χ0) is 13.5. The Kier molecular flexibility index (Phi) is 3.20. The number of epoxide rings is 1. The fourth-order valence-electron chi connectivity index (χ4n) is 2.00. The van der Waals surface area contributed by atoms with Gasteiger partial charge in [-0.05, 0) is 29.8 Å². The van der Waals surface area contributed by atoms with Crippen molar-refractivity contribution in [2.24, 2.45) is 0 Å². The molecule has 0 unspecified atom stereocenters. The number of benzene rings is 2. The molecular weight excluding hydrogens is 328 g/mol. The Hall–Kier alpha value is -1.17. The molecule has 0 radical (unpaired) electrons. The van der Waals surface area contributed by atoms with E-state index >= 15 is 0 Å². The van der Waals surface area contributed by atoms with Gasteiger partial charge in [0.1, 0.15) is 6.10 Å². The van der Waals surface area contributed by atoms with Crippen LogP contribution in [0.25, 0.3) is 0 Å². The standard InChI is InChI=1S/C14H11BrO3S/c15-11-6-4-5-10(9-11)13-14(18-13)19(16,17)12-7-2-1-3-8-12/h1-9,13-14H/t13-,14-/m0/s1. The predicted octanol–water partition coefficient (Wildman–Crippen LogP) is 3.32.